The molecule has 0 aliphatic heterocycles. The number of carboxylic acids is 1. The third-order valence-corrected chi connectivity index (χ3v) is 2.44. The molecular formula is C13H11FN2O2. The number of benzene rings is 1. The largest absolute Gasteiger partial charge is 0.478 e. The lowest BCUT2D eigenvalue weighted by Gasteiger charge is -2.08. The fourth-order valence-corrected chi connectivity index (χ4v) is 1.56. The molecule has 4 nitrogen and oxygen atoms in total. The lowest BCUT2D eigenvalue weighted by Crippen LogP contribution is -2.09. The first-order chi connectivity index (χ1) is 8.68. The van der Waals surface area contributed by atoms with Crippen molar-refractivity contribution < 1.29 is 14.3 Å². The molecule has 1 aromatic carbocycles. The van der Waals surface area contributed by atoms with Gasteiger partial charge in [-0.15, -0.1) is 0 Å². The lowest BCUT2D eigenvalue weighted by molar-refractivity contribution is 0.0695. The number of carbonyl (C=O) groups is 1. The summed E-state index contributed by atoms with van der Waals surface area (Å²) in [6.07, 6.45) is 1.50. The zero-order valence-electron chi connectivity index (χ0n) is 9.43. The average molecular weight is 246 g/mol. The molecular weight excluding hydrogens is 235 g/mol. The van der Waals surface area contributed by atoms with Crippen LogP contribution in [0.25, 0.3) is 0 Å². The summed E-state index contributed by atoms with van der Waals surface area (Å²) in [4.78, 5) is 14.9. The fourth-order valence-electron chi connectivity index (χ4n) is 1.56. The van der Waals surface area contributed by atoms with E-state index in [-0.39, 0.29) is 17.9 Å². The Kier molecular flexibility index (Phi) is 3.52. The van der Waals surface area contributed by atoms with Gasteiger partial charge >= 0.3 is 5.97 Å². The molecule has 0 atom stereocenters. The maximum absolute atomic E-state index is 13.4. The number of aromatic nitrogens is 1. The van der Waals surface area contributed by atoms with Crippen LogP contribution in [-0.4, -0.2) is 16.1 Å². The molecule has 0 spiro atoms. The van der Waals surface area contributed by atoms with E-state index in [1.54, 1.807) is 24.3 Å². The van der Waals surface area contributed by atoms with Crippen molar-refractivity contribution >= 4 is 11.7 Å². The summed E-state index contributed by atoms with van der Waals surface area (Å²) >= 11 is 0. The first-order valence-electron chi connectivity index (χ1n) is 5.34. The normalized spacial score (nSPS) is 10.1. The van der Waals surface area contributed by atoms with E-state index >= 15 is 0 Å². The second-order valence-electron chi connectivity index (χ2n) is 3.64. The van der Waals surface area contributed by atoms with Crippen LogP contribution < -0.4 is 5.32 Å². The van der Waals surface area contributed by atoms with Gasteiger partial charge in [-0.3, -0.25) is 4.98 Å². The Labute approximate surface area is 103 Å². The highest BCUT2D eigenvalue weighted by Gasteiger charge is 2.10. The summed E-state index contributed by atoms with van der Waals surface area (Å²) in [6, 6.07) is 9.22. The van der Waals surface area contributed by atoms with E-state index in [0.717, 1.165) is 0 Å². The number of hydrogen-bond donors (Lipinski definition) is 2. The van der Waals surface area contributed by atoms with Gasteiger partial charge in [0, 0.05) is 6.20 Å². The SMILES string of the molecule is O=C(O)c1cccnc1CNc1ccccc1F. The van der Waals surface area contributed by atoms with Gasteiger partial charge in [0.25, 0.3) is 0 Å². The second kappa shape index (κ2) is 5.27. The van der Waals surface area contributed by atoms with Gasteiger partial charge in [-0.25, -0.2) is 9.18 Å². The molecule has 5 heteroatoms. The number of pyridine rings is 1. The van der Waals surface area contributed by atoms with E-state index in [1.807, 2.05) is 0 Å². The third-order valence-electron chi connectivity index (χ3n) is 2.44. The van der Waals surface area contributed by atoms with Crippen LogP contribution in [0.15, 0.2) is 42.6 Å². The molecule has 18 heavy (non-hydrogen) atoms. The molecule has 0 unspecified atom stereocenters. The topological polar surface area (TPSA) is 62.2 Å². The number of nitrogens with zero attached hydrogens (tertiary/aromatic N) is 1. The van der Waals surface area contributed by atoms with Crippen molar-refractivity contribution in [1.82, 2.24) is 4.98 Å². The van der Waals surface area contributed by atoms with Crippen LogP contribution in [0.5, 0.6) is 0 Å². The molecule has 92 valence electrons. The minimum atomic E-state index is -1.05. The van der Waals surface area contributed by atoms with Gasteiger partial charge in [0.2, 0.25) is 0 Å². The van der Waals surface area contributed by atoms with Crippen molar-refractivity contribution in [3.05, 3.63) is 59.7 Å². The molecule has 0 bridgehead atoms. The van der Waals surface area contributed by atoms with Gasteiger partial charge in [0.15, 0.2) is 0 Å². The Bertz CT molecular complexity index is 572. The highest BCUT2D eigenvalue weighted by Crippen LogP contribution is 2.14. The predicted octanol–water partition coefficient (Wildman–Crippen LogP) is 2.53. The average Bonchev–Trinajstić information content (AvgIpc) is 2.38. The van der Waals surface area contributed by atoms with Gasteiger partial charge in [0.05, 0.1) is 23.5 Å². The summed E-state index contributed by atoms with van der Waals surface area (Å²) in [5, 5.41) is 11.8. The smallest absolute Gasteiger partial charge is 0.337 e. The number of halogens is 1. The van der Waals surface area contributed by atoms with E-state index < -0.39 is 5.97 Å². The first-order valence-corrected chi connectivity index (χ1v) is 5.34. The first kappa shape index (κ1) is 12.0. The number of aromatic carboxylic acids is 1. The maximum Gasteiger partial charge on any atom is 0.337 e. The van der Waals surface area contributed by atoms with E-state index in [1.165, 1.54) is 18.3 Å². The standard InChI is InChI=1S/C13H11FN2O2/c14-10-5-1-2-6-11(10)16-8-12-9(13(17)18)4-3-7-15-12/h1-7,16H,8H2,(H,17,18). The van der Waals surface area contributed by atoms with Gasteiger partial charge in [0.1, 0.15) is 5.82 Å². The molecule has 0 aliphatic carbocycles. The number of anilines is 1. The Balaban J connectivity index is 2.16. The zero-order chi connectivity index (χ0) is 13.0. The molecule has 2 rings (SSSR count). The highest BCUT2D eigenvalue weighted by atomic mass is 19.1. The molecule has 1 heterocycles. The number of para-hydroxylation sites is 1. The van der Waals surface area contributed by atoms with Crippen LogP contribution in [0.4, 0.5) is 10.1 Å². The second-order valence-corrected chi connectivity index (χ2v) is 3.64. The van der Waals surface area contributed by atoms with E-state index in [2.05, 4.69) is 10.3 Å². The maximum atomic E-state index is 13.4. The Morgan fingerprint density at radius 2 is 2.06 bits per heavy atom. The summed E-state index contributed by atoms with van der Waals surface area (Å²) in [5.74, 6) is -1.43. The van der Waals surface area contributed by atoms with Gasteiger partial charge < -0.3 is 10.4 Å². The van der Waals surface area contributed by atoms with E-state index in [0.29, 0.717) is 11.4 Å². The number of carboxylic acid groups (broad SMARTS) is 1. The molecule has 0 radical (unpaired) electrons. The summed E-state index contributed by atoms with van der Waals surface area (Å²) in [5.41, 5.74) is 0.800. The molecule has 0 saturated carbocycles. The highest BCUT2D eigenvalue weighted by molar-refractivity contribution is 5.88. The Hall–Kier alpha value is -2.43. The van der Waals surface area contributed by atoms with Gasteiger partial charge in [-0.2, -0.15) is 0 Å². The van der Waals surface area contributed by atoms with Crippen LogP contribution in [-0.2, 0) is 6.54 Å². The minimum absolute atomic E-state index is 0.112. The fraction of sp³-hybridized carbons (Fsp3) is 0.0769. The number of hydrogen-bond acceptors (Lipinski definition) is 3. The summed E-state index contributed by atoms with van der Waals surface area (Å²) < 4.78 is 13.4. The zero-order valence-corrected chi connectivity index (χ0v) is 9.43. The van der Waals surface area contributed by atoms with Gasteiger partial charge in [-0.1, -0.05) is 12.1 Å². The van der Waals surface area contributed by atoms with Gasteiger partial charge in [-0.05, 0) is 24.3 Å². The lowest BCUT2D eigenvalue weighted by atomic mass is 10.2. The molecule has 0 saturated heterocycles. The van der Waals surface area contributed by atoms with Crippen molar-refractivity contribution in [2.24, 2.45) is 0 Å². The van der Waals surface area contributed by atoms with Crippen LogP contribution in [0.2, 0.25) is 0 Å². The van der Waals surface area contributed by atoms with Crippen molar-refractivity contribution in [2.45, 2.75) is 6.54 Å². The van der Waals surface area contributed by atoms with Crippen molar-refractivity contribution in [2.75, 3.05) is 5.32 Å². The quantitative estimate of drug-likeness (QED) is 0.870. The van der Waals surface area contributed by atoms with Crippen LogP contribution in [0.1, 0.15) is 16.1 Å². The van der Waals surface area contributed by atoms with E-state index in [4.69, 9.17) is 5.11 Å². The molecule has 2 aromatic rings. The van der Waals surface area contributed by atoms with Crippen LogP contribution in [0.3, 0.4) is 0 Å². The van der Waals surface area contributed by atoms with Crippen molar-refractivity contribution in [1.29, 1.82) is 0 Å². The number of nitrogens with one attached hydrogen (secondary N) is 1. The molecule has 0 amide bonds. The summed E-state index contributed by atoms with van der Waals surface area (Å²) in [7, 11) is 0. The van der Waals surface area contributed by atoms with Crippen molar-refractivity contribution in [3.63, 3.8) is 0 Å². The van der Waals surface area contributed by atoms with Crippen LogP contribution >= 0.6 is 0 Å². The monoisotopic (exact) mass is 246 g/mol. The van der Waals surface area contributed by atoms with Crippen molar-refractivity contribution in [3.8, 4) is 0 Å². The third kappa shape index (κ3) is 2.63. The molecule has 0 aliphatic rings. The molecule has 2 N–H and O–H groups in total. The Morgan fingerprint density at radius 1 is 1.28 bits per heavy atom. The molecule has 0 fully saturated rings. The minimum Gasteiger partial charge on any atom is -0.478 e. The predicted molar refractivity (Wildman–Crippen MR) is 64.9 cm³/mol. The van der Waals surface area contributed by atoms with Crippen LogP contribution in [0, 0.1) is 5.82 Å². The number of rotatable bonds is 4. The summed E-state index contributed by atoms with van der Waals surface area (Å²) in [6.45, 7) is 0.156. The molecule has 1 aromatic heterocycles. The Morgan fingerprint density at radius 3 is 2.78 bits per heavy atom. The van der Waals surface area contributed by atoms with E-state index in [9.17, 15) is 9.18 Å².